The molecule has 7 nitrogen and oxygen atoms in total. The van der Waals surface area contributed by atoms with Gasteiger partial charge in [-0.05, 0) is 37.3 Å². The van der Waals surface area contributed by atoms with Crippen LogP contribution in [0.2, 0.25) is 0 Å². The molecule has 1 atom stereocenters. The molecule has 3 rings (SSSR count). The molecule has 3 aromatic rings. The first-order valence-corrected chi connectivity index (χ1v) is 9.63. The highest BCUT2D eigenvalue weighted by Crippen LogP contribution is 2.23. The van der Waals surface area contributed by atoms with Crippen molar-refractivity contribution < 1.29 is 22.4 Å². The van der Waals surface area contributed by atoms with Crippen LogP contribution in [-0.4, -0.2) is 30.8 Å². The van der Waals surface area contributed by atoms with E-state index in [2.05, 4.69) is 10.2 Å². The fourth-order valence-corrected chi connectivity index (χ4v) is 2.90. The Morgan fingerprint density at radius 3 is 2.50 bits per heavy atom. The number of hydrogen-bond acceptors (Lipinski definition) is 7. The van der Waals surface area contributed by atoms with E-state index in [1.807, 2.05) is 30.3 Å². The van der Waals surface area contributed by atoms with Gasteiger partial charge >= 0.3 is 5.97 Å². The lowest BCUT2D eigenvalue weighted by Crippen LogP contribution is -2.10. The van der Waals surface area contributed by atoms with E-state index in [-0.39, 0.29) is 16.3 Å². The lowest BCUT2D eigenvalue weighted by Gasteiger charge is -2.10. The minimum atomic E-state index is -3.42. The van der Waals surface area contributed by atoms with Gasteiger partial charge in [0.1, 0.15) is 0 Å². The molecular formula is C18H16N2O5S. The molecule has 0 aliphatic rings. The average Bonchev–Trinajstić information content (AvgIpc) is 3.12. The maximum atomic E-state index is 12.3. The number of esters is 1. The van der Waals surface area contributed by atoms with Gasteiger partial charge in [-0.3, -0.25) is 0 Å². The smallest absolute Gasteiger partial charge is 0.338 e. The van der Waals surface area contributed by atoms with Crippen LogP contribution in [0.25, 0.3) is 11.5 Å². The van der Waals surface area contributed by atoms with Crippen LogP contribution >= 0.6 is 0 Å². The first kappa shape index (κ1) is 17.8. The van der Waals surface area contributed by atoms with Crippen LogP contribution in [0.15, 0.2) is 63.9 Å². The van der Waals surface area contributed by atoms with E-state index in [0.717, 1.165) is 11.8 Å². The van der Waals surface area contributed by atoms with Gasteiger partial charge in [0.25, 0.3) is 5.89 Å². The van der Waals surface area contributed by atoms with Crippen molar-refractivity contribution in [1.82, 2.24) is 10.2 Å². The number of benzene rings is 2. The summed E-state index contributed by atoms with van der Waals surface area (Å²) in [5, 5.41) is 7.85. The number of carbonyl (C=O) groups excluding carboxylic acids is 1. The van der Waals surface area contributed by atoms with E-state index in [0.29, 0.717) is 5.89 Å². The second kappa shape index (κ2) is 7.09. The second-order valence-corrected chi connectivity index (χ2v) is 7.67. The van der Waals surface area contributed by atoms with E-state index in [1.165, 1.54) is 24.3 Å². The lowest BCUT2D eigenvalue weighted by atomic mass is 10.2. The first-order valence-electron chi connectivity index (χ1n) is 7.74. The highest BCUT2D eigenvalue weighted by atomic mass is 32.2. The Kier molecular flexibility index (Phi) is 4.85. The van der Waals surface area contributed by atoms with E-state index in [4.69, 9.17) is 9.15 Å². The van der Waals surface area contributed by atoms with Gasteiger partial charge in [-0.2, -0.15) is 0 Å². The molecule has 0 N–H and O–H groups in total. The molecule has 0 amide bonds. The highest BCUT2D eigenvalue weighted by molar-refractivity contribution is 7.90. The molecule has 134 valence electrons. The van der Waals surface area contributed by atoms with Gasteiger partial charge in [0.2, 0.25) is 5.89 Å². The maximum Gasteiger partial charge on any atom is 0.338 e. The molecule has 0 aliphatic heterocycles. The number of rotatable bonds is 5. The average molecular weight is 372 g/mol. The minimum Gasteiger partial charge on any atom is -0.449 e. The fraction of sp³-hybridized carbons (Fsp3) is 0.167. The zero-order chi connectivity index (χ0) is 18.7. The zero-order valence-electron chi connectivity index (χ0n) is 14.1. The van der Waals surface area contributed by atoms with Crippen molar-refractivity contribution in [1.29, 1.82) is 0 Å². The Labute approximate surface area is 150 Å². The number of sulfone groups is 1. The monoisotopic (exact) mass is 372 g/mol. The summed E-state index contributed by atoms with van der Waals surface area (Å²) in [4.78, 5) is 12.3. The fourth-order valence-electron chi connectivity index (χ4n) is 2.23. The van der Waals surface area contributed by atoms with Crippen LogP contribution in [0.1, 0.15) is 29.3 Å². The minimum absolute atomic E-state index is 0.0451. The van der Waals surface area contributed by atoms with Gasteiger partial charge in [0.15, 0.2) is 15.9 Å². The van der Waals surface area contributed by atoms with E-state index in [1.54, 1.807) is 6.92 Å². The van der Waals surface area contributed by atoms with E-state index < -0.39 is 21.9 Å². The first-order chi connectivity index (χ1) is 12.3. The van der Waals surface area contributed by atoms with Crippen LogP contribution in [-0.2, 0) is 14.6 Å². The summed E-state index contributed by atoms with van der Waals surface area (Å²) >= 11 is 0. The Morgan fingerprint density at radius 1 is 1.08 bits per heavy atom. The largest absolute Gasteiger partial charge is 0.449 e. The molecule has 1 aromatic heterocycles. The molecular weight excluding hydrogens is 356 g/mol. The molecule has 0 saturated carbocycles. The van der Waals surface area contributed by atoms with Crippen LogP contribution in [0.3, 0.4) is 0 Å². The van der Waals surface area contributed by atoms with E-state index >= 15 is 0 Å². The molecule has 0 aliphatic carbocycles. The van der Waals surface area contributed by atoms with Crippen LogP contribution in [0.5, 0.6) is 0 Å². The van der Waals surface area contributed by atoms with Crippen molar-refractivity contribution in [3.63, 3.8) is 0 Å². The molecule has 2 aromatic carbocycles. The normalized spacial score (nSPS) is 12.5. The topological polar surface area (TPSA) is 99.4 Å². The predicted molar refractivity (Wildman–Crippen MR) is 93.1 cm³/mol. The van der Waals surface area contributed by atoms with E-state index in [9.17, 15) is 13.2 Å². The number of carbonyl (C=O) groups is 1. The number of nitrogens with zero attached hydrogens (tertiary/aromatic N) is 2. The molecule has 0 radical (unpaired) electrons. The second-order valence-electron chi connectivity index (χ2n) is 5.66. The van der Waals surface area contributed by atoms with Crippen LogP contribution in [0, 0.1) is 0 Å². The van der Waals surface area contributed by atoms with Gasteiger partial charge in [-0.25, -0.2) is 13.2 Å². The van der Waals surface area contributed by atoms with Crippen LogP contribution in [0.4, 0.5) is 0 Å². The van der Waals surface area contributed by atoms with Crippen LogP contribution < -0.4 is 0 Å². The SMILES string of the molecule is C[C@@H](OC(=O)c1cccc(S(C)(=O)=O)c1)c1nnc(-c2ccccc2)o1. The van der Waals surface area contributed by atoms with Gasteiger partial charge < -0.3 is 9.15 Å². The number of hydrogen-bond donors (Lipinski definition) is 0. The summed E-state index contributed by atoms with van der Waals surface area (Å²) < 4.78 is 34.1. The Balaban J connectivity index is 1.75. The summed E-state index contributed by atoms with van der Waals surface area (Å²) in [6.07, 6.45) is 0.290. The van der Waals surface area contributed by atoms with Gasteiger partial charge in [0.05, 0.1) is 10.5 Å². The summed E-state index contributed by atoms with van der Waals surface area (Å²) in [7, 11) is -3.42. The van der Waals surface area contributed by atoms with Gasteiger partial charge in [-0.15, -0.1) is 10.2 Å². The van der Waals surface area contributed by atoms with Crippen molar-refractivity contribution in [3.8, 4) is 11.5 Å². The molecule has 8 heteroatoms. The highest BCUT2D eigenvalue weighted by Gasteiger charge is 2.21. The van der Waals surface area contributed by atoms with Gasteiger partial charge in [-0.1, -0.05) is 24.3 Å². The number of ether oxygens (including phenoxy) is 1. The maximum absolute atomic E-state index is 12.3. The molecule has 1 heterocycles. The van der Waals surface area contributed by atoms with Crippen molar-refractivity contribution in [2.45, 2.75) is 17.9 Å². The van der Waals surface area contributed by atoms with Crippen molar-refractivity contribution >= 4 is 15.8 Å². The molecule has 0 bridgehead atoms. The zero-order valence-corrected chi connectivity index (χ0v) is 14.9. The summed E-state index contributed by atoms with van der Waals surface area (Å²) in [6, 6.07) is 14.9. The Morgan fingerprint density at radius 2 is 1.81 bits per heavy atom. The quantitative estimate of drug-likeness (QED) is 0.635. The summed E-state index contributed by atoms with van der Waals surface area (Å²) in [5.74, 6) is -0.207. The molecule has 0 unspecified atom stereocenters. The summed E-state index contributed by atoms with van der Waals surface area (Å²) in [5.41, 5.74) is 0.883. The van der Waals surface area contributed by atoms with Gasteiger partial charge in [0, 0.05) is 11.8 Å². The lowest BCUT2D eigenvalue weighted by molar-refractivity contribution is 0.0279. The third kappa shape index (κ3) is 3.97. The number of aromatic nitrogens is 2. The van der Waals surface area contributed by atoms with Crippen molar-refractivity contribution in [2.24, 2.45) is 0 Å². The Bertz CT molecular complexity index is 1030. The third-order valence-corrected chi connectivity index (χ3v) is 4.70. The third-order valence-electron chi connectivity index (χ3n) is 3.59. The van der Waals surface area contributed by atoms with Crippen molar-refractivity contribution in [3.05, 3.63) is 66.1 Å². The predicted octanol–water partition coefficient (Wildman–Crippen LogP) is 3.06. The van der Waals surface area contributed by atoms with Crippen molar-refractivity contribution in [2.75, 3.05) is 6.26 Å². The molecule has 0 saturated heterocycles. The molecule has 0 fully saturated rings. The summed E-state index contributed by atoms with van der Waals surface area (Å²) in [6.45, 7) is 1.60. The standard InChI is InChI=1S/C18H16N2O5S/c1-12(16-19-20-17(25-16)13-7-4-3-5-8-13)24-18(21)14-9-6-10-15(11-14)26(2,22)23/h3-12H,1-2H3/t12-/m1/s1. The molecule has 26 heavy (non-hydrogen) atoms. The Hall–Kier alpha value is -3.00. The molecule has 0 spiro atoms.